The van der Waals surface area contributed by atoms with Gasteiger partial charge in [0.25, 0.3) is 5.95 Å². The van der Waals surface area contributed by atoms with Crippen LogP contribution in [0.15, 0.2) is 18.3 Å². The Hall–Kier alpha value is -3.01. The van der Waals surface area contributed by atoms with Gasteiger partial charge in [0.2, 0.25) is 0 Å². The molecule has 1 aliphatic carbocycles. The van der Waals surface area contributed by atoms with E-state index in [0.717, 1.165) is 24.2 Å². The summed E-state index contributed by atoms with van der Waals surface area (Å²) < 4.78 is 1.48. The number of carbonyl (C=O) groups excluding carboxylic acids is 1. The number of aryl methyl sites for hydroxylation is 2. The van der Waals surface area contributed by atoms with Crippen molar-refractivity contribution in [2.45, 2.75) is 45.7 Å². The van der Waals surface area contributed by atoms with Crippen molar-refractivity contribution < 1.29 is 14.7 Å². The van der Waals surface area contributed by atoms with Crippen LogP contribution in [0.3, 0.4) is 0 Å². The minimum absolute atomic E-state index is 0.0154. The van der Waals surface area contributed by atoms with Crippen LogP contribution in [0.4, 0.5) is 10.6 Å². The van der Waals surface area contributed by atoms with Crippen LogP contribution in [0.1, 0.15) is 31.2 Å². The largest absolute Gasteiger partial charge is 0.480 e. The lowest BCUT2D eigenvalue weighted by atomic mass is 9.85. The summed E-state index contributed by atoms with van der Waals surface area (Å²) in [5, 5.41) is 18.8. The number of aromatic nitrogens is 4. The molecule has 0 unspecified atom stereocenters. The van der Waals surface area contributed by atoms with Gasteiger partial charge in [-0.3, -0.25) is 15.0 Å². The standard InChI is InChI=1S/C18H25N7O3/c1-4-24(10-16(26)27)14-8-13(9-14)22-18(28)23-15-5-6-19-25(15)17-20-11(2)7-12(3)21-17/h5-7,13-14H,4,8-10H2,1-3H3,(H,26,27)(H2,22,23,28). The molecule has 28 heavy (non-hydrogen) atoms. The van der Waals surface area contributed by atoms with Gasteiger partial charge in [0.15, 0.2) is 0 Å². The van der Waals surface area contributed by atoms with Crippen molar-refractivity contribution in [1.29, 1.82) is 0 Å². The van der Waals surface area contributed by atoms with Crippen LogP contribution in [0, 0.1) is 13.8 Å². The zero-order valence-corrected chi connectivity index (χ0v) is 16.2. The molecule has 3 rings (SSSR count). The molecule has 2 aromatic heterocycles. The Morgan fingerprint density at radius 2 is 1.96 bits per heavy atom. The second-order valence-corrected chi connectivity index (χ2v) is 6.96. The maximum Gasteiger partial charge on any atom is 0.320 e. The molecule has 0 aromatic carbocycles. The third kappa shape index (κ3) is 4.63. The fourth-order valence-electron chi connectivity index (χ4n) is 3.37. The van der Waals surface area contributed by atoms with E-state index in [0.29, 0.717) is 18.3 Å². The Balaban J connectivity index is 1.56. The van der Waals surface area contributed by atoms with Crippen LogP contribution < -0.4 is 10.6 Å². The molecule has 1 fully saturated rings. The van der Waals surface area contributed by atoms with Gasteiger partial charge in [-0.15, -0.1) is 0 Å². The number of rotatable bonds is 7. The van der Waals surface area contributed by atoms with Crippen molar-refractivity contribution in [3.05, 3.63) is 29.7 Å². The van der Waals surface area contributed by atoms with E-state index in [9.17, 15) is 9.59 Å². The minimum Gasteiger partial charge on any atom is -0.480 e. The number of urea groups is 1. The number of aliphatic carboxylic acids is 1. The highest BCUT2D eigenvalue weighted by atomic mass is 16.4. The second kappa shape index (κ2) is 8.34. The predicted molar refractivity (Wildman–Crippen MR) is 102 cm³/mol. The molecule has 0 spiro atoms. The lowest BCUT2D eigenvalue weighted by Crippen LogP contribution is -2.55. The molecule has 0 atom stereocenters. The molecule has 1 aliphatic rings. The normalized spacial score (nSPS) is 18.6. The van der Waals surface area contributed by atoms with E-state index in [-0.39, 0.29) is 24.7 Å². The monoisotopic (exact) mass is 387 g/mol. The summed E-state index contributed by atoms with van der Waals surface area (Å²) in [5.74, 6) is 0.0334. The zero-order valence-electron chi connectivity index (χ0n) is 16.2. The smallest absolute Gasteiger partial charge is 0.320 e. The first kappa shape index (κ1) is 19.7. The molecule has 0 aliphatic heterocycles. The van der Waals surface area contributed by atoms with Crippen molar-refractivity contribution in [1.82, 2.24) is 30.0 Å². The Morgan fingerprint density at radius 1 is 1.29 bits per heavy atom. The van der Waals surface area contributed by atoms with Gasteiger partial charge in [-0.1, -0.05) is 6.92 Å². The summed E-state index contributed by atoms with van der Waals surface area (Å²) in [6, 6.07) is 3.40. The number of hydrogen-bond acceptors (Lipinski definition) is 6. The van der Waals surface area contributed by atoms with Crippen LogP contribution in [0.25, 0.3) is 5.95 Å². The highest BCUT2D eigenvalue weighted by Crippen LogP contribution is 2.25. The highest BCUT2D eigenvalue weighted by Gasteiger charge is 2.34. The third-order valence-corrected chi connectivity index (χ3v) is 4.75. The molecular weight excluding hydrogens is 362 g/mol. The van der Waals surface area contributed by atoms with E-state index in [1.54, 1.807) is 12.3 Å². The number of carboxylic acid groups (broad SMARTS) is 1. The van der Waals surface area contributed by atoms with E-state index in [4.69, 9.17) is 5.11 Å². The first-order valence-corrected chi connectivity index (χ1v) is 9.25. The molecule has 2 heterocycles. The summed E-state index contributed by atoms with van der Waals surface area (Å²) in [7, 11) is 0. The van der Waals surface area contributed by atoms with Crippen molar-refractivity contribution in [3.8, 4) is 5.95 Å². The first-order chi connectivity index (χ1) is 13.4. The number of nitrogens with one attached hydrogen (secondary N) is 2. The van der Waals surface area contributed by atoms with Gasteiger partial charge in [-0.05, 0) is 39.3 Å². The van der Waals surface area contributed by atoms with Crippen LogP contribution in [0.5, 0.6) is 0 Å². The summed E-state index contributed by atoms with van der Waals surface area (Å²) in [6.07, 6.45) is 3.03. The second-order valence-electron chi connectivity index (χ2n) is 6.96. The number of anilines is 1. The lowest BCUT2D eigenvalue weighted by Gasteiger charge is -2.42. The van der Waals surface area contributed by atoms with Crippen LogP contribution in [-0.4, -0.2) is 66.9 Å². The van der Waals surface area contributed by atoms with Gasteiger partial charge >= 0.3 is 12.0 Å². The molecule has 10 heteroatoms. The SMILES string of the molecule is CCN(CC(=O)O)C1CC(NC(=O)Nc2ccnn2-c2nc(C)cc(C)n2)C1. The van der Waals surface area contributed by atoms with E-state index >= 15 is 0 Å². The molecule has 0 bridgehead atoms. The Bertz CT molecular complexity index is 840. The number of amides is 2. The van der Waals surface area contributed by atoms with Gasteiger partial charge in [0.1, 0.15) is 5.82 Å². The maximum atomic E-state index is 12.3. The molecular formula is C18H25N7O3. The van der Waals surface area contributed by atoms with Crippen molar-refractivity contribution in [2.24, 2.45) is 0 Å². The minimum atomic E-state index is -0.835. The number of likely N-dealkylation sites (N-methyl/N-ethyl adjacent to an activating group) is 1. The molecule has 2 aromatic rings. The van der Waals surface area contributed by atoms with Crippen molar-refractivity contribution in [2.75, 3.05) is 18.4 Å². The molecule has 0 radical (unpaired) electrons. The molecule has 10 nitrogen and oxygen atoms in total. The Kier molecular flexibility index (Phi) is 5.88. The van der Waals surface area contributed by atoms with E-state index in [2.05, 4.69) is 25.7 Å². The summed E-state index contributed by atoms with van der Waals surface area (Å²) in [5.41, 5.74) is 1.63. The topological polar surface area (TPSA) is 125 Å². The average molecular weight is 387 g/mol. The first-order valence-electron chi connectivity index (χ1n) is 9.25. The van der Waals surface area contributed by atoms with Crippen LogP contribution >= 0.6 is 0 Å². The van der Waals surface area contributed by atoms with Crippen molar-refractivity contribution >= 4 is 17.8 Å². The van der Waals surface area contributed by atoms with Gasteiger partial charge in [-0.25, -0.2) is 14.8 Å². The van der Waals surface area contributed by atoms with Crippen LogP contribution in [-0.2, 0) is 4.79 Å². The number of carbonyl (C=O) groups is 2. The van der Waals surface area contributed by atoms with Crippen LogP contribution in [0.2, 0.25) is 0 Å². The number of hydrogen-bond donors (Lipinski definition) is 3. The number of carboxylic acids is 1. The van der Waals surface area contributed by atoms with Gasteiger partial charge in [0, 0.05) is 29.5 Å². The predicted octanol–water partition coefficient (Wildman–Crippen LogP) is 1.34. The van der Waals surface area contributed by atoms with Gasteiger partial charge in [0.05, 0.1) is 12.7 Å². The Labute approximate surface area is 163 Å². The average Bonchev–Trinajstić information content (AvgIpc) is 3.03. The molecule has 0 saturated heterocycles. The Morgan fingerprint density at radius 3 is 2.57 bits per heavy atom. The molecule has 2 amide bonds. The fraction of sp³-hybridized carbons (Fsp3) is 0.500. The van der Waals surface area contributed by atoms with E-state index in [1.165, 1.54) is 4.68 Å². The molecule has 150 valence electrons. The third-order valence-electron chi connectivity index (χ3n) is 4.75. The highest BCUT2D eigenvalue weighted by molar-refractivity contribution is 5.88. The number of nitrogens with zero attached hydrogens (tertiary/aromatic N) is 5. The maximum absolute atomic E-state index is 12.3. The summed E-state index contributed by atoms with van der Waals surface area (Å²) >= 11 is 0. The lowest BCUT2D eigenvalue weighted by molar-refractivity contribution is -0.139. The zero-order chi connectivity index (χ0) is 20.3. The molecule has 1 saturated carbocycles. The van der Waals surface area contributed by atoms with Gasteiger partial charge < -0.3 is 10.4 Å². The fourth-order valence-corrected chi connectivity index (χ4v) is 3.37. The summed E-state index contributed by atoms with van der Waals surface area (Å²) in [6.45, 7) is 6.38. The van der Waals surface area contributed by atoms with E-state index < -0.39 is 5.97 Å². The quantitative estimate of drug-likeness (QED) is 0.654. The van der Waals surface area contributed by atoms with Crippen molar-refractivity contribution in [3.63, 3.8) is 0 Å². The van der Waals surface area contributed by atoms with Gasteiger partial charge in [-0.2, -0.15) is 9.78 Å². The summed E-state index contributed by atoms with van der Waals surface area (Å²) in [4.78, 5) is 33.9. The molecule has 3 N–H and O–H groups in total. The van der Waals surface area contributed by atoms with E-state index in [1.807, 2.05) is 31.7 Å².